The molecule has 0 aliphatic rings. The van der Waals surface area contributed by atoms with Crippen LogP contribution in [0.2, 0.25) is 0 Å². The van der Waals surface area contributed by atoms with Crippen molar-refractivity contribution in [3.8, 4) is 11.5 Å². The first-order chi connectivity index (χ1) is 13.3. The molecule has 144 valence electrons. The van der Waals surface area contributed by atoms with Gasteiger partial charge in [-0.25, -0.2) is 9.18 Å². The molecule has 0 N–H and O–H groups in total. The highest BCUT2D eigenvalue weighted by molar-refractivity contribution is 5.92. The molecule has 0 saturated carbocycles. The van der Waals surface area contributed by atoms with Gasteiger partial charge in [0.05, 0.1) is 11.1 Å². The minimum absolute atomic E-state index is 0.0366. The molecule has 0 aromatic heterocycles. The first kappa shape index (κ1) is 19.4. The molecule has 3 rings (SSSR count). The Labute approximate surface area is 158 Å². The van der Waals surface area contributed by atoms with Crippen LogP contribution in [0, 0.1) is 5.82 Å². The van der Waals surface area contributed by atoms with Crippen molar-refractivity contribution in [2.24, 2.45) is 0 Å². The second-order valence-corrected chi connectivity index (χ2v) is 5.82. The van der Waals surface area contributed by atoms with E-state index in [-0.39, 0.29) is 11.8 Å². The molecule has 0 amide bonds. The average molecular weight is 390 g/mol. The van der Waals surface area contributed by atoms with Crippen LogP contribution < -0.4 is 9.47 Å². The topological polar surface area (TPSA) is 35.5 Å². The van der Waals surface area contributed by atoms with Gasteiger partial charge < -0.3 is 9.47 Å². The number of carbonyl (C=O) groups is 1. The molecule has 3 nitrogen and oxygen atoms in total. The third kappa shape index (κ3) is 4.88. The molecule has 3 aromatic rings. The van der Waals surface area contributed by atoms with Crippen LogP contribution in [0.4, 0.5) is 17.6 Å². The summed E-state index contributed by atoms with van der Waals surface area (Å²) in [6.07, 6.45) is -4.88. The molecule has 0 atom stereocenters. The van der Waals surface area contributed by atoms with Gasteiger partial charge in [-0.1, -0.05) is 30.3 Å². The molecule has 0 unspecified atom stereocenters. The summed E-state index contributed by atoms with van der Waals surface area (Å²) in [6, 6.07) is 17.1. The highest BCUT2D eigenvalue weighted by Gasteiger charge is 2.36. The molecule has 7 heteroatoms. The van der Waals surface area contributed by atoms with Gasteiger partial charge in [0.2, 0.25) is 0 Å². The number of benzene rings is 3. The average Bonchev–Trinajstić information content (AvgIpc) is 2.67. The lowest BCUT2D eigenvalue weighted by atomic mass is 10.1. The Hall–Kier alpha value is -3.35. The van der Waals surface area contributed by atoms with Crippen molar-refractivity contribution in [1.82, 2.24) is 0 Å². The van der Waals surface area contributed by atoms with Gasteiger partial charge in [-0.3, -0.25) is 0 Å². The van der Waals surface area contributed by atoms with Crippen molar-refractivity contribution in [3.05, 3.63) is 95.3 Å². The number of rotatable bonds is 5. The molecule has 28 heavy (non-hydrogen) atoms. The third-order valence-corrected chi connectivity index (χ3v) is 3.79. The lowest BCUT2D eigenvalue weighted by Crippen LogP contribution is -2.17. The minimum atomic E-state index is -4.88. The van der Waals surface area contributed by atoms with Gasteiger partial charge in [-0.05, 0) is 48.0 Å². The second-order valence-electron chi connectivity index (χ2n) is 5.82. The third-order valence-electron chi connectivity index (χ3n) is 3.79. The second kappa shape index (κ2) is 8.12. The fraction of sp³-hybridized carbons (Fsp3) is 0.0952. The number of esters is 1. The molecule has 0 aliphatic heterocycles. The van der Waals surface area contributed by atoms with Gasteiger partial charge in [0.15, 0.2) is 0 Å². The van der Waals surface area contributed by atoms with E-state index in [9.17, 15) is 22.4 Å². The van der Waals surface area contributed by atoms with Crippen LogP contribution in [0.25, 0.3) is 0 Å². The summed E-state index contributed by atoms with van der Waals surface area (Å²) in [5.41, 5.74) is -1.19. The van der Waals surface area contributed by atoms with Gasteiger partial charge in [-0.15, -0.1) is 0 Å². The molecule has 0 heterocycles. The Bertz CT molecular complexity index is 952. The molecule has 0 spiro atoms. The Morgan fingerprint density at radius 2 is 1.50 bits per heavy atom. The van der Waals surface area contributed by atoms with E-state index >= 15 is 0 Å². The maximum absolute atomic E-state index is 13.1. The molecule has 0 radical (unpaired) electrons. The molecule has 0 saturated heterocycles. The van der Waals surface area contributed by atoms with E-state index in [0.29, 0.717) is 12.4 Å². The zero-order chi connectivity index (χ0) is 20.1. The monoisotopic (exact) mass is 390 g/mol. The predicted octanol–water partition coefficient (Wildman–Crippen LogP) is 5.64. The van der Waals surface area contributed by atoms with Gasteiger partial charge >= 0.3 is 12.1 Å². The van der Waals surface area contributed by atoms with Gasteiger partial charge in [0.25, 0.3) is 0 Å². The Morgan fingerprint density at radius 1 is 0.857 bits per heavy atom. The lowest BCUT2D eigenvalue weighted by Gasteiger charge is -2.12. The van der Waals surface area contributed by atoms with Crippen molar-refractivity contribution in [2.45, 2.75) is 12.8 Å². The summed E-state index contributed by atoms with van der Waals surface area (Å²) in [7, 11) is 0. The van der Waals surface area contributed by atoms with E-state index < -0.39 is 29.1 Å². The van der Waals surface area contributed by atoms with Crippen LogP contribution in [-0.4, -0.2) is 5.97 Å². The maximum atomic E-state index is 13.1. The summed E-state index contributed by atoms with van der Waals surface area (Å²) < 4.78 is 62.7. The smallest absolute Gasteiger partial charge is 0.417 e. The van der Waals surface area contributed by atoms with Crippen LogP contribution in [0.15, 0.2) is 72.8 Å². The van der Waals surface area contributed by atoms with Crippen LogP contribution in [-0.2, 0) is 12.8 Å². The maximum Gasteiger partial charge on any atom is 0.417 e. The zero-order valence-electron chi connectivity index (χ0n) is 14.4. The van der Waals surface area contributed by atoms with Gasteiger partial charge in [0.1, 0.15) is 23.9 Å². The molecular weight excluding hydrogens is 376 g/mol. The quantitative estimate of drug-likeness (QED) is 0.321. The standard InChI is InChI=1S/C21H14F4O3/c22-15-6-11-18(19(12-15)21(23,24)25)20(26)28-17-9-7-16(8-10-17)27-13-14-4-2-1-3-5-14/h1-12H,13H2. The first-order valence-corrected chi connectivity index (χ1v) is 8.18. The summed E-state index contributed by atoms with van der Waals surface area (Å²) >= 11 is 0. The van der Waals surface area contributed by atoms with Crippen LogP contribution in [0.3, 0.4) is 0 Å². The fourth-order valence-corrected chi connectivity index (χ4v) is 2.44. The van der Waals surface area contributed by atoms with E-state index in [1.807, 2.05) is 30.3 Å². The Kier molecular flexibility index (Phi) is 5.63. The summed E-state index contributed by atoms with van der Waals surface area (Å²) in [5, 5.41) is 0. The molecule has 0 bridgehead atoms. The van der Waals surface area contributed by atoms with Crippen molar-refractivity contribution in [2.75, 3.05) is 0 Å². The predicted molar refractivity (Wildman–Crippen MR) is 93.6 cm³/mol. The summed E-state index contributed by atoms with van der Waals surface area (Å²) in [5.74, 6) is -1.79. The van der Waals surface area contributed by atoms with Crippen molar-refractivity contribution >= 4 is 5.97 Å². The fourth-order valence-electron chi connectivity index (χ4n) is 2.44. The SMILES string of the molecule is O=C(Oc1ccc(OCc2ccccc2)cc1)c1ccc(F)cc1C(F)(F)F. The van der Waals surface area contributed by atoms with E-state index in [0.717, 1.165) is 17.7 Å². The number of carbonyl (C=O) groups excluding carboxylic acids is 1. The van der Waals surface area contributed by atoms with Crippen LogP contribution >= 0.6 is 0 Å². The molecule has 0 aliphatic carbocycles. The first-order valence-electron chi connectivity index (χ1n) is 8.18. The lowest BCUT2D eigenvalue weighted by molar-refractivity contribution is -0.138. The van der Waals surface area contributed by atoms with Crippen molar-refractivity contribution in [1.29, 1.82) is 0 Å². The number of ether oxygens (including phenoxy) is 2. The van der Waals surface area contributed by atoms with E-state index in [2.05, 4.69) is 0 Å². The Morgan fingerprint density at radius 3 is 2.14 bits per heavy atom. The largest absolute Gasteiger partial charge is 0.489 e. The van der Waals surface area contributed by atoms with E-state index in [1.165, 1.54) is 24.3 Å². The summed E-state index contributed by atoms with van der Waals surface area (Å²) in [6.45, 7) is 0.338. The van der Waals surface area contributed by atoms with E-state index in [4.69, 9.17) is 9.47 Å². The van der Waals surface area contributed by atoms with Crippen LogP contribution in [0.1, 0.15) is 21.5 Å². The van der Waals surface area contributed by atoms with Gasteiger partial charge in [-0.2, -0.15) is 13.2 Å². The van der Waals surface area contributed by atoms with Crippen molar-refractivity contribution < 1.29 is 31.8 Å². The highest BCUT2D eigenvalue weighted by atomic mass is 19.4. The molecular formula is C21H14F4O3. The zero-order valence-corrected chi connectivity index (χ0v) is 14.4. The Balaban J connectivity index is 1.68. The normalized spacial score (nSPS) is 11.1. The van der Waals surface area contributed by atoms with E-state index in [1.54, 1.807) is 0 Å². The highest BCUT2D eigenvalue weighted by Crippen LogP contribution is 2.33. The summed E-state index contributed by atoms with van der Waals surface area (Å²) in [4.78, 5) is 12.1. The molecule has 3 aromatic carbocycles. The molecule has 0 fully saturated rings. The minimum Gasteiger partial charge on any atom is -0.489 e. The number of halogens is 4. The number of alkyl halides is 3. The van der Waals surface area contributed by atoms with Crippen molar-refractivity contribution in [3.63, 3.8) is 0 Å². The number of hydrogen-bond acceptors (Lipinski definition) is 3. The van der Waals surface area contributed by atoms with Gasteiger partial charge in [0, 0.05) is 0 Å². The number of hydrogen-bond donors (Lipinski definition) is 0. The van der Waals surface area contributed by atoms with Crippen LogP contribution in [0.5, 0.6) is 11.5 Å².